The van der Waals surface area contributed by atoms with Crippen LogP contribution >= 0.6 is 0 Å². The van der Waals surface area contributed by atoms with E-state index in [1.165, 1.54) is 13.0 Å². The first-order valence-corrected chi connectivity index (χ1v) is 9.43. The van der Waals surface area contributed by atoms with E-state index >= 15 is 0 Å². The zero-order valence-corrected chi connectivity index (χ0v) is 15.9. The molecule has 1 aliphatic carbocycles. The summed E-state index contributed by atoms with van der Waals surface area (Å²) < 4.78 is 5.34. The van der Waals surface area contributed by atoms with E-state index in [2.05, 4.69) is 10.2 Å². The molecule has 7 nitrogen and oxygen atoms in total. The summed E-state index contributed by atoms with van der Waals surface area (Å²) in [7, 11) is 0. The van der Waals surface area contributed by atoms with Gasteiger partial charge in [-0.2, -0.15) is 0 Å². The maximum atomic E-state index is 13.0. The van der Waals surface area contributed by atoms with Gasteiger partial charge in [-0.1, -0.05) is 12.1 Å². The van der Waals surface area contributed by atoms with Gasteiger partial charge in [0.15, 0.2) is 17.3 Å². The van der Waals surface area contributed by atoms with Crippen LogP contribution in [0.1, 0.15) is 38.0 Å². The molecule has 1 atom stereocenters. The summed E-state index contributed by atoms with van der Waals surface area (Å²) in [6.07, 6.45) is 0. The molecule has 2 aliphatic rings. The first kappa shape index (κ1) is 19.0. The van der Waals surface area contributed by atoms with E-state index < -0.39 is 23.3 Å². The van der Waals surface area contributed by atoms with Crippen molar-refractivity contribution in [2.75, 3.05) is 36.5 Å². The number of ketones is 3. The number of fused-ring (bicyclic) bond motifs is 1. The number of morpholine rings is 1. The van der Waals surface area contributed by atoms with Crippen molar-refractivity contribution in [2.45, 2.75) is 6.92 Å². The summed E-state index contributed by atoms with van der Waals surface area (Å²) in [5.41, 5.74) is 1.81. The quantitative estimate of drug-likeness (QED) is 0.634. The van der Waals surface area contributed by atoms with Crippen LogP contribution in [0.2, 0.25) is 0 Å². The number of nitrogens with one attached hydrogen (secondary N) is 1. The molecule has 1 unspecified atom stereocenters. The van der Waals surface area contributed by atoms with Crippen molar-refractivity contribution in [3.8, 4) is 0 Å². The topological polar surface area (TPSA) is 92.8 Å². The van der Waals surface area contributed by atoms with Gasteiger partial charge < -0.3 is 15.0 Å². The van der Waals surface area contributed by atoms with Crippen LogP contribution in [0.3, 0.4) is 0 Å². The van der Waals surface area contributed by atoms with E-state index in [-0.39, 0.29) is 22.7 Å². The third-order valence-corrected chi connectivity index (χ3v) is 5.20. The Hall–Kier alpha value is -3.32. The van der Waals surface area contributed by atoms with Gasteiger partial charge >= 0.3 is 0 Å². The number of carbonyl (C=O) groups excluding carboxylic acids is 4. The maximum Gasteiger partial charge on any atom is 0.221 e. The number of benzene rings is 2. The van der Waals surface area contributed by atoms with E-state index in [0.717, 1.165) is 18.8 Å². The molecule has 1 fully saturated rings. The van der Waals surface area contributed by atoms with Crippen LogP contribution in [0.5, 0.6) is 0 Å². The molecule has 0 spiro atoms. The number of Topliss-reactive ketones (excluding diaryl/α,β-unsaturated/α-hetero) is 3. The van der Waals surface area contributed by atoms with Crippen molar-refractivity contribution in [3.05, 3.63) is 59.2 Å². The fourth-order valence-corrected chi connectivity index (χ4v) is 3.80. The average Bonchev–Trinajstić information content (AvgIpc) is 2.99. The SMILES string of the molecule is CC(=O)Nc1cccc2c1C(=O)C(C(=O)c1ccc(N3CCOCC3)cc1)C2=O. The van der Waals surface area contributed by atoms with Crippen LogP contribution in [0.15, 0.2) is 42.5 Å². The maximum absolute atomic E-state index is 13.0. The van der Waals surface area contributed by atoms with Crippen molar-refractivity contribution in [1.82, 2.24) is 0 Å². The Labute approximate surface area is 167 Å². The van der Waals surface area contributed by atoms with E-state index in [1.54, 1.807) is 24.3 Å². The van der Waals surface area contributed by atoms with Crippen LogP contribution in [-0.4, -0.2) is 49.6 Å². The van der Waals surface area contributed by atoms with E-state index in [1.807, 2.05) is 12.1 Å². The van der Waals surface area contributed by atoms with Crippen LogP contribution < -0.4 is 10.2 Å². The Morgan fingerprint density at radius 1 is 1.00 bits per heavy atom. The molecule has 0 radical (unpaired) electrons. The number of nitrogens with zero attached hydrogens (tertiary/aromatic N) is 1. The summed E-state index contributed by atoms with van der Waals surface area (Å²) in [6.45, 7) is 4.17. The first-order chi connectivity index (χ1) is 14.0. The van der Waals surface area contributed by atoms with Crippen LogP contribution in [0.4, 0.5) is 11.4 Å². The number of rotatable bonds is 4. The van der Waals surface area contributed by atoms with Gasteiger partial charge in [-0.15, -0.1) is 0 Å². The fraction of sp³-hybridized carbons (Fsp3) is 0.273. The van der Waals surface area contributed by atoms with Gasteiger partial charge in [-0.25, -0.2) is 0 Å². The van der Waals surface area contributed by atoms with Crippen molar-refractivity contribution in [3.63, 3.8) is 0 Å². The van der Waals surface area contributed by atoms with Crippen molar-refractivity contribution in [2.24, 2.45) is 5.92 Å². The van der Waals surface area contributed by atoms with Gasteiger partial charge in [-0.3, -0.25) is 19.2 Å². The van der Waals surface area contributed by atoms with Crippen molar-refractivity contribution in [1.29, 1.82) is 0 Å². The highest BCUT2D eigenvalue weighted by Gasteiger charge is 2.44. The number of ether oxygens (including phenoxy) is 1. The Bertz CT molecular complexity index is 1010. The Morgan fingerprint density at radius 3 is 2.34 bits per heavy atom. The number of amides is 1. The monoisotopic (exact) mass is 392 g/mol. The lowest BCUT2D eigenvalue weighted by atomic mass is 9.93. The lowest BCUT2D eigenvalue weighted by Gasteiger charge is -2.28. The number of hydrogen-bond donors (Lipinski definition) is 1. The number of carbonyl (C=O) groups is 4. The third-order valence-electron chi connectivity index (χ3n) is 5.20. The van der Waals surface area contributed by atoms with Crippen LogP contribution in [0, 0.1) is 5.92 Å². The Morgan fingerprint density at radius 2 is 1.69 bits per heavy atom. The zero-order valence-electron chi connectivity index (χ0n) is 15.9. The van der Waals surface area contributed by atoms with E-state index in [0.29, 0.717) is 18.8 Å². The lowest BCUT2D eigenvalue weighted by Crippen LogP contribution is -2.36. The molecule has 1 amide bonds. The minimum absolute atomic E-state index is 0.107. The summed E-state index contributed by atoms with van der Waals surface area (Å²) >= 11 is 0. The van der Waals surface area contributed by atoms with Gasteiger partial charge in [-0.05, 0) is 30.3 Å². The standard InChI is InChI=1S/C22H20N2O5/c1-13(25)23-17-4-2-3-16-18(17)22(28)19(21(16)27)20(26)14-5-7-15(8-6-14)24-9-11-29-12-10-24/h2-8,19H,9-12H2,1H3,(H,23,25). The van der Waals surface area contributed by atoms with Gasteiger partial charge in [0.05, 0.1) is 24.5 Å². The number of hydrogen-bond acceptors (Lipinski definition) is 6. The molecule has 0 saturated carbocycles. The van der Waals surface area contributed by atoms with Gasteiger partial charge in [0, 0.05) is 36.8 Å². The molecule has 1 aliphatic heterocycles. The molecule has 7 heteroatoms. The molecule has 2 aromatic carbocycles. The highest BCUT2D eigenvalue weighted by Crippen LogP contribution is 2.34. The van der Waals surface area contributed by atoms with Gasteiger partial charge in [0.2, 0.25) is 5.91 Å². The average molecular weight is 392 g/mol. The first-order valence-electron chi connectivity index (χ1n) is 9.43. The zero-order chi connectivity index (χ0) is 20.5. The largest absolute Gasteiger partial charge is 0.378 e. The molecular weight excluding hydrogens is 372 g/mol. The molecular formula is C22H20N2O5. The summed E-state index contributed by atoms with van der Waals surface area (Å²) in [5.74, 6) is -3.39. The molecule has 0 bridgehead atoms. The van der Waals surface area contributed by atoms with Gasteiger partial charge in [0.25, 0.3) is 0 Å². The minimum atomic E-state index is -1.41. The van der Waals surface area contributed by atoms with Crippen molar-refractivity contribution < 1.29 is 23.9 Å². The Kier molecular flexibility index (Phi) is 4.98. The molecule has 2 aromatic rings. The molecule has 4 rings (SSSR count). The third kappa shape index (κ3) is 3.45. The summed E-state index contributed by atoms with van der Waals surface area (Å²) in [4.78, 5) is 52.3. The molecule has 29 heavy (non-hydrogen) atoms. The van der Waals surface area contributed by atoms with Gasteiger partial charge in [0.1, 0.15) is 5.92 Å². The lowest BCUT2D eigenvalue weighted by molar-refractivity contribution is -0.114. The number of anilines is 2. The van der Waals surface area contributed by atoms with Crippen LogP contribution in [-0.2, 0) is 9.53 Å². The van der Waals surface area contributed by atoms with Crippen LogP contribution in [0.25, 0.3) is 0 Å². The second kappa shape index (κ2) is 7.60. The normalized spacial score (nSPS) is 18.5. The van der Waals surface area contributed by atoms with E-state index in [4.69, 9.17) is 4.74 Å². The molecule has 0 aromatic heterocycles. The highest BCUT2D eigenvalue weighted by atomic mass is 16.5. The fourth-order valence-electron chi connectivity index (χ4n) is 3.80. The predicted octanol–water partition coefficient (Wildman–Crippen LogP) is 2.36. The Balaban J connectivity index is 1.60. The smallest absolute Gasteiger partial charge is 0.221 e. The summed E-state index contributed by atoms with van der Waals surface area (Å²) in [6, 6.07) is 11.6. The van der Waals surface area contributed by atoms with E-state index in [9.17, 15) is 19.2 Å². The second-order valence-corrected chi connectivity index (χ2v) is 7.08. The minimum Gasteiger partial charge on any atom is -0.378 e. The molecule has 1 N–H and O–H groups in total. The summed E-state index contributed by atoms with van der Waals surface area (Å²) in [5, 5.41) is 2.56. The van der Waals surface area contributed by atoms with Crippen molar-refractivity contribution >= 4 is 34.6 Å². The molecule has 1 saturated heterocycles. The molecule has 148 valence electrons. The predicted molar refractivity (Wildman–Crippen MR) is 107 cm³/mol. The molecule has 1 heterocycles. The highest BCUT2D eigenvalue weighted by molar-refractivity contribution is 6.39. The second-order valence-electron chi connectivity index (χ2n) is 7.08.